The smallest absolute Gasteiger partial charge is 0.251 e. The Morgan fingerprint density at radius 2 is 1.74 bits per heavy atom. The van der Waals surface area contributed by atoms with Crippen LogP contribution in [-0.4, -0.2) is 47.8 Å². The van der Waals surface area contributed by atoms with Crippen LogP contribution < -0.4 is 21.3 Å². The Labute approximate surface area is 230 Å². The van der Waals surface area contributed by atoms with Gasteiger partial charge in [-0.2, -0.15) is 0 Å². The van der Waals surface area contributed by atoms with Gasteiger partial charge >= 0.3 is 0 Å². The van der Waals surface area contributed by atoms with Gasteiger partial charge in [-0.25, -0.2) is 4.98 Å². The van der Waals surface area contributed by atoms with Crippen molar-refractivity contribution in [3.8, 4) is 0 Å². The van der Waals surface area contributed by atoms with Crippen LogP contribution >= 0.6 is 0 Å². The molecule has 0 spiro atoms. The summed E-state index contributed by atoms with van der Waals surface area (Å²) in [5.41, 5.74) is 7.88. The molecular formula is C31H39N5O3. The lowest BCUT2D eigenvalue weighted by molar-refractivity contribution is 0.0919. The Morgan fingerprint density at radius 3 is 2.46 bits per heavy atom. The second kappa shape index (κ2) is 11.0. The number of nitrogens with zero attached hydrogens (tertiary/aromatic N) is 2. The van der Waals surface area contributed by atoms with Crippen molar-refractivity contribution in [3.63, 3.8) is 0 Å². The molecule has 1 aliphatic heterocycles. The maximum Gasteiger partial charge on any atom is 0.251 e. The lowest BCUT2D eigenvalue weighted by Crippen LogP contribution is -2.43. The van der Waals surface area contributed by atoms with Gasteiger partial charge in [-0.05, 0) is 93.5 Å². The second-order valence-corrected chi connectivity index (χ2v) is 12.0. The van der Waals surface area contributed by atoms with Gasteiger partial charge in [0.05, 0.1) is 5.56 Å². The van der Waals surface area contributed by atoms with E-state index in [1.165, 1.54) is 12.8 Å². The number of piperidine rings is 1. The molecule has 6 rings (SSSR count). The first kappa shape index (κ1) is 25.8. The molecule has 0 bridgehead atoms. The van der Waals surface area contributed by atoms with Gasteiger partial charge in [-0.1, -0.05) is 12.8 Å². The summed E-state index contributed by atoms with van der Waals surface area (Å²) in [5.74, 6) is 1.83. The lowest BCUT2D eigenvalue weighted by atomic mass is 9.92. The van der Waals surface area contributed by atoms with Crippen LogP contribution in [0.15, 0.2) is 36.5 Å². The van der Waals surface area contributed by atoms with Crippen LogP contribution in [0.5, 0.6) is 0 Å². The summed E-state index contributed by atoms with van der Waals surface area (Å²) in [6, 6.07) is 9.44. The zero-order valence-corrected chi connectivity index (χ0v) is 22.5. The largest absolute Gasteiger partial charge is 0.384 e. The van der Waals surface area contributed by atoms with E-state index in [1.54, 1.807) is 24.4 Å². The maximum atomic E-state index is 13.2. The monoisotopic (exact) mass is 529 g/mol. The van der Waals surface area contributed by atoms with E-state index < -0.39 is 5.91 Å². The predicted molar refractivity (Wildman–Crippen MR) is 151 cm³/mol. The molecule has 1 saturated heterocycles. The Balaban J connectivity index is 1.10. The molecule has 4 N–H and O–H groups in total. The average Bonchev–Trinajstić information content (AvgIpc) is 3.43. The first-order valence-electron chi connectivity index (χ1n) is 14.7. The Bertz CT molecular complexity index is 1240. The molecule has 3 saturated carbocycles. The van der Waals surface area contributed by atoms with E-state index in [0.717, 1.165) is 75.8 Å². The number of ketones is 1. The fraction of sp³-hybridized carbons (Fsp3) is 0.548. The number of benzene rings is 1. The van der Waals surface area contributed by atoms with E-state index in [1.807, 2.05) is 12.1 Å². The molecule has 2 amide bonds. The summed E-state index contributed by atoms with van der Waals surface area (Å²) in [6.45, 7) is 1.73. The number of nitrogens with one attached hydrogen (secondary N) is 2. The van der Waals surface area contributed by atoms with Crippen molar-refractivity contribution in [1.82, 2.24) is 10.3 Å². The van der Waals surface area contributed by atoms with Crippen LogP contribution in [-0.2, 0) is 0 Å². The maximum absolute atomic E-state index is 13.2. The number of anilines is 2. The highest BCUT2D eigenvalue weighted by atomic mass is 16.2. The van der Waals surface area contributed by atoms with Crippen molar-refractivity contribution in [2.45, 2.75) is 76.3 Å². The summed E-state index contributed by atoms with van der Waals surface area (Å²) < 4.78 is 0. The van der Waals surface area contributed by atoms with Crippen molar-refractivity contribution >= 4 is 29.1 Å². The number of rotatable bonds is 9. The Kier molecular flexibility index (Phi) is 7.28. The molecule has 4 aliphatic rings. The van der Waals surface area contributed by atoms with E-state index in [-0.39, 0.29) is 23.7 Å². The number of pyridine rings is 1. The molecule has 8 nitrogen and oxygen atoms in total. The number of hydrogen-bond donors (Lipinski definition) is 3. The fourth-order valence-corrected chi connectivity index (χ4v) is 6.90. The van der Waals surface area contributed by atoms with Crippen molar-refractivity contribution in [1.29, 1.82) is 0 Å². The van der Waals surface area contributed by atoms with Gasteiger partial charge in [0.1, 0.15) is 5.82 Å². The third kappa shape index (κ3) is 5.65. The van der Waals surface area contributed by atoms with Gasteiger partial charge in [-0.3, -0.25) is 14.4 Å². The highest BCUT2D eigenvalue weighted by Crippen LogP contribution is 2.39. The minimum atomic E-state index is -0.496. The fourth-order valence-electron chi connectivity index (χ4n) is 6.90. The van der Waals surface area contributed by atoms with Crippen molar-refractivity contribution in [2.75, 3.05) is 23.3 Å². The van der Waals surface area contributed by atoms with E-state index >= 15 is 0 Å². The van der Waals surface area contributed by atoms with Crippen LogP contribution in [0.4, 0.5) is 11.5 Å². The lowest BCUT2D eigenvalue weighted by Gasteiger charge is -2.38. The van der Waals surface area contributed by atoms with Crippen molar-refractivity contribution in [2.24, 2.45) is 23.5 Å². The van der Waals surface area contributed by atoms with Gasteiger partial charge in [0, 0.05) is 54.1 Å². The highest BCUT2D eigenvalue weighted by molar-refractivity contribution is 6.02. The second-order valence-electron chi connectivity index (χ2n) is 12.0. The zero-order valence-electron chi connectivity index (χ0n) is 22.5. The number of nitrogens with two attached hydrogens (primary N) is 1. The summed E-state index contributed by atoms with van der Waals surface area (Å²) in [5, 5.41) is 6.58. The number of amides is 2. The summed E-state index contributed by atoms with van der Waals surface area (Å²) in [4.78, 5) is 45.0. The average molecular weight is 530 g/mol. The minimum absolute atomic E-state index is 0.0787. The van der Waals surface area contributed by atoms with Gasteiger partial charge in [0.2, 0.25) is 0 Å². The molecule has 1 aromatic heterocycles. The van der Waals surface area contributed by atoms with Crippen LogP contribution in [0, 0.1) is 17.8 Å². The normalized spacial score (nSPS) is 24.8. The molecule has 0 radical (unpaired) electrons. The number of carbonyl (C=O) groups is 3. The van der Waals surface area contributed by atoms with E-state index in [2.05, 4.69) is 15.5 Å². The summed E-state index contributed by atoms with van der Waals surface area (Å²) in [7, 11) is 0. The topological polar surface area (TPSA) is 117 Å². The minimum Gasteiger partial charge on any atom is -0.384 e. The Morgan fingerprint density at radius 1 is 0.949 bits per heavy atom. The van der Waals surface area contributed by atoms with E-state index in [0.29, 0.717) is 34.7 Å². The summed E-state index contributed by atoms with van der Waals surface area (Å²) in [6.07, 6.45) is 12.5. The molecule has 39 heavy (non-hydrogen) atoms. The molecule has 2 heterocycles. The van der Waals surface area contributed by atoms with Gasteiger partial charge in [0.25, 0.3) is 11.8 Å². The quantitative estimate of drug-likeness (QED) is 0.410. The number of fused-ring (bicyclic) bond motifs is 1. The molecule has 8 heteroatoms. The zero-order chi connectivity index (χ0) is 26.9. The molecule has 3 atom stereocenters. The summed E-state index contributed by atoms with van der Waals surface area (Å²) >= 11 is 0. The van der Waals surface area contributed by atoms with Gasteiger partial charge in [-0.15, -0.1) is 0 Å². The molecular weight excluding hydrogens is 490 g/mol. The predicted octanol–water partition coefficient (Wildman–Crippen LogP) is 4.55. The standard InChI is InChI=1S/C31H39N5O3/c32-30(38)25-11-9-22(15-26(25)33-17-19-7-8-19)31(39)35-24-14-21-6-3-13-36(27(21)16-24)28-12-10-23(18-34-28)29(37)20-4-1-2-5-20/h9-12,15,18-21,24,27,33H,1-8,13-14,16-17H2,(H2,32,38)(H,35,39). The number of aromatic nitrogens is 1. The molecule has 1 aromatic carbocycles. The number of primary amides is 1. The molecule has 206 valence electrons. The Hall–Kier alpha value is -3.42. The molecule has 3 aliphatic carbocycles. The van der Waals surface area contributed by atoms with Gasteiger partial charge < -0.3 is 21.3 Å². The SMILES string of the molecule is NC(=O)c1ccc(C(=O)NC2CC3CCCN(c4ccc(C(=O)C5CCCC5)cn4)C3C2)cc1NCC1CC1. The first-order chi connectivity index (χ1) is 19.0. The van der Waals surface area contributed by atoms with E-state index in [9.17, 15) is 14.4 Å². The van der Waals surface area contributed by atoms with Gasteiger partial charge in [0.15, 0.2) is 5.78 Å². The number of hydrogen-bond acceptors (Lipinski definition) is 6. The number of carbonyl (C=O) groups excluding carboxylic acids is 3. The van der Waals surface area contributed by atoms with Crippen molar-refractivity contribution in [3.05, 3.63) is 53.2 Å². The highest BCUT2D eigenvalue weighted by Gasteiger charge is 2.41. The third-order valence-electron chi connectivity index (χ3n) is 9.24. The third-order valence-corrected chi connectivity index (χ3v) is 9.24. The molecule has 2 aromatic rings. The molecule has 4 fully saturated rings. The number of Topliss-reactive ketones (excluding diaryl/α,β-unsaturated/α-hetero) is 1. The van der Waals surface area contributed by atoms with Crippen LogP contribution in [0.3, 0.4) is 0 Å². The van der Waals surface area contributed by atoms with Crippen LogP contribution in [0.1, 0.15) is 95.3 Å². The molecule has 3 unspecified atom stereocenters. The van der Waals surface area contributed by atoms with Crippen LogP contribution in [0.2, 0.25) is 0 Å². The first-order valence-corrected chi connectivity index (χ1v) is 14.7. The van der Waals surface area contributed by atoms with E-state index in [4.69, 9.17) is 10.7 Å². The van der Waals surface area contributed by atoms with Crippen LogP contribution in [0.25, 0.3) is 0 Å². The van der Waals surface area contributed by atoms with Crippen molar-refractivity contribution < 1.29 is 14.4 Å².